The maximum atomic E-state index is 12.6. The zero-order valence-corrected chi connectivity index (χ0v) is 9.51. The summed E-state index contributed by atoms with van der Waals surface area (Å²) in [6.45, 7) is 1.91. The average Bonchev–Trinajstić information content (AvgIpc) is 2.27. The molecular formula is C11H13FO2S. The SMILES string of the molecule is CCC(Sc1ccc(F)cc1)C(=O)OC. The molecule has 0 heterocycles. The van der Waals surface area contributed by atoms with Gasteiger partial charge in [-0.3, -0.25) is 4.79 Å². The third-order valence-electron chi connectivity index (χ3n) is 1.93. The highest BCUT2D eigenvalue weighted by atomic mass is 32.2. The third kappa shape index (κ3) is 3.55. The van der Waals surface area contributed by atoms with Crippen LogP contribution in [0.15, 0.2) is 29.2 Å². The van der Waals surface area contributed by atoms with Crippen molar-refractivity contribution in [2.75, 3.05) is 7.11 Å². The number of thioether (sulfide) groups is 1. The van der Waals surface area contributed by atoms with Gasteiger partial charge in [0.1, 0.15) is 11.1 Å². The maximum Gasteiger partial charge on any atom is 0.319 e. The van der Waals surface area contributed by atoms with Gasteiger partial charge >= 0.3 is 5.97 Å². The molecule has 82 valence electrons. The summed E-state index contributed by atoms with van der Waals surface area (Å²) in [6, 6.07) is 6.08. The standard InChI is InChI=1S/C11H13FO2S/c1-3-10(11(13)14-2)15-9-6-4-8(12)5-7-9/h4-7,10H,3H2,1-2H3. The summed E-state index contributed by atoms with van der Waals surface area (Å²) < 4.78 is 17.3. The van der Waals surface area contributed by atoms with Crippen LogP contribution >= 0.6 is 11.8 Å². The number of halogens is 1. The molecule has 0 N–H and O–H groups in total. The van der Waals surface area contributed by atoms with Gasteiger partial charge in [-0.05, 0) is 30.7 Å². The Morgan fingerprint density at radius 1 is 1.47 bits per heavy atom. The van der Waals surface area contributed by atoms with Gasteiger partial charge in [-0.25, -0.2) is 4.39 Å². The number of carbonyl (C=O) groups excluding carboxylic acids is 1. The van der Waals surface area contributed by atoms with Crippen LogP contribution in [0.2, 0.25) is 0 Å². The second kappa shape index (κ2) is 5.75. The quantitative estimate of drug-likeness (QED) is 0.585. The highest BCUT2D eigenvalue weighted by Gasteiger charge is 2.17. The minimum absolute atomic E-state index is 0.222. The molecule has 0 aliphatic carbocycles. The fourth-order valence-corrected chi connectivity index (χ4v) is 2.09. The Hall–Kier alpha value is -1.03. The van der Waals surface area contributed by atoms with Crippen LogP contribution in [0.5, 0.6) is 0 Å². The van der Waals surface area contributed by atoms with Gasteiger partial charge in [0.15, 0.2) is 0 Å². The molecule has 0 aliphatic rings. The van der Waals surface area contributed by atoms with Gasteiger partial charge < -0.3 is 4.74 Å². The largest absolute Gasteiger partial charge is 0.468 e. The van der Waals surface area contributed by atoms with E-state index in [1.54, 1.807) is 12.1 Å². The van der Waals surface area contributed by atoms with E-state index >= 15 is 0 Å². The Morgan fingerprint density at radius 2 is 2.07 bits per heavy atom. The van der Waals surface area contributed by atoms with E-state index < -0.39 is 0 Å². The fourth-order valence-electron chi connectivity index (χ4n) is 1.11. The van der Waals surface area contributed by atoms with Crippen LogP contribution in [-0.2, 0) is 9.53 Å². The monoisotopic (exact) mass is 228 g/mol. The maximum absolute atomic E-state index is 12.6. The molecule has 0 fully saturated rings. The Labute approximate surface area is 92.8 Å². The lowest BCUT2D eigenvalue weighted by Crippen LogP contribution is -2.17. The number of esters is 1. The second-order valence-corrected chi connectivity index (χ2v) is 4.27. The van der Waals surface area contributed by atoms with Crippen molar-refractivity contribution >= 4 is 17.7 Å². The molecule has 1 atom stereocenters. The molecule has 1 aromatic carbocycles. The molecule has 4 heteroatoms. The van der Waals surface area contributed by atoms with Crippen molar-refractivity contribution in [3.8, 4) is 0 Å². The van der Waals surface area contributed by atoms with Crippen LogP contribution in [0.4, 0.5) is 4.39 Å². The lowest BCUT2D eigenvalue weighted by atomic mass is 10.3. The van der Waals surface area contributed by atoms with Crippen LogP contribution in [0.3, 0.4) is 0 Å². The summed E-state index contributed by atoms with van der Waals surface area (Å²) in [5.74, 6) is -0.516. The van der Waals surface area contributed by atoms with E-state index in [2.05, 4.69) is 4.74 Å². The first-order valence-corrected chi connectivity index (χ1v) is 5.55. The van der Waals surface area contributed by atoms with Crippen LogP contribution in [0.25, 0.3) is 0 Å². The fraction of sp³-hybridized carbons (Fsp3) is 0.364. The van der Waals surface area contributed by atoms with Crippen molar-refractivity contribution in [3.63, 3.8) is 0 Å². The molecular weight excluding hydrogens is 215 g/mol. The normalized spacial score (nSPS) is 12.2. The predicted octanol–water partition coefficient (Wildman–Crippen LogP) is 2.87. The number of carbonyl (C=O) groups is 1. The van der Waals surface area contributed by atoms with Gasteiger partial charge in [0.2, 0.25) is 0 Å². The number of methoxy groups -OCH3 is 1. The highest BCUT2D eigenvalue weighted by Crippen LogP contribution is 2.26. The molecule has 0 amide bonds. The topological polar surface area (TPSA) is 26.3 Å². The molecule has 2 nitrogen and oxygen atoms in total. The van der Waals surface area contributed by atoms with E-state index in [0.29, 0.717) is 6.42 Å². The molecule has 0 aliphatic heterocycles. The minimum atomic E-state index is -0.273. The summed E-state index contributed by atoms with van der Waals surface area (Å²) in [5, 5.41) is -0.222. The van der Waals surface area contributed by atoms with E-state index in [-0.39, 0.29) is 17.0 Å². The molecule has 0 saturated heterocycles. The first-order chi connectivity index (χ1) is 7.17. The van der Waals surface area contributed by atoms with Crippen molar-refractivity contribution in [1.82, 2.24) is 0 Å². The van der Waals surface area contributed by atoms with E-state index in [4.69, 9.17) is 0 Å². The van der Waals surface area contributed by atoms with Gasteiger partial charge in [0, 0.05) is 4.90 Å². The lowest BCUT2D eigenvalue weighted by Gasteiger charge is -2.11. The first kappa shape index (κ1) is 12.0. The molecule has 0 spiro atoms. The molecule has 1 aromatic rings. The molecule has 0 bridgehead atoms. The van der Waals surface area contributed by atoms with Gasteiger partial charge in [-0.15, -0.1) is 11.8 Å². The van der Waals surface area contributed by atoms with E-state index in [0.717, 1.165) is 4.90 Å². The van der Waals surface area contributed by atoms with Gasteiger partial charge in [0.05, 0.1) is 7.11 Å². The van der Waals surface area contributed by atoms with E-state index in [1.165, 1.54) is 31.0 Å². The summed E-state index contributed by atoms with van der Waals surface area (Å²) in [7, 11) is 1.37. The van der Waals surface area contributed by atoms with Crippen LogP contribution in [0.1, 0.15) is 13.3 Å². The second-order valence-electron chi connectivity index (χ2n) is 2.99. The number of ether oxygens (including phenoxy) is 1. The lowest BCUT2D eigenvalue weighted by molar-refractivity contribution is -0.140. The summed E-state index contributed by atoms with van der Waals surface area (Å²) in [4.78, 5) is 12.2. The third-order valence-corrected chi connectivity index (χ3v) is 3.28. The Kier molecular flexibility index (Phi) is 4.62. The zero-order valence-electron chi connectivity index (χ0n) is 8.70. The molecule has 0 aromatic heterocycles. The Morgan fingerprint density at radius 3 is 2.53 bits per heavy atom. The molecule has 15 heavy (non-hydrogen) atoms. The van der Waals surface area contributed by atoms with E-state index in [1.807, 2.05) is 6.92 Å². The van der Waals surface area contributed by atoms with Gasteiger partial charge in [0.25, 0.3) is 0 Å². The predicted molar refractivity (Wildman–Crippen MR) is 58.4 cm³/mol. The smallest absolute Gasteiger partial charge is 0.319 e. The summed E-state index contributed by atoms with van der Waals surface area (Å²) in [5.41, 5.74) is 0. The van der Waals surface area contributed by atoms with Gasteiger partial charge in [-0.2, -0.15) is 0 Å². The number of rotatable bonds is 4. The van der Waals surface area contributed by atoms with Crippen molar-refractivity contribution in [2.24, 2.45) is 0 Å². The van der Waals surface area contributed by atoms with Crippen molar-refractivity contribution in [1.29, 1.82) is 0 Å². The number of hydrogen-bond donors (Lipinski definition) is 0. The first-order valence-electron chi connectivity index (χ1n) is 4.67. The van der Waals surface area contributed by atoms with Crippen molar-refractivity contribution in [3.05, 3.63) is 30.1 Å². The zero-order chi connectivity index (χ0) is 11.3. The number of hydrogen-bond acceptors (Lipinski definition) is 3. The van der Waals surface area contributed by atoms with Crippen LogP contribution < -0.4 is 0 Å². The minimum Gasteiger partial charge on any atom is -0.468 e. The Balaban J connectivity index is 2.66. The van der Waals surface area contributed by atoms with Gasteiger partial charge in [-0.1, -0.05) is 6.92 Å². The van der Waals surface area contributed by atoms with Crippen LogP contribution in [0, 0.1) is 5.82 Å². The summed E-state index contributed by atoms with van der Waals surface area (Å²) >= 11 is 1.39. The molecule has 1 unspecified atom stereocenters. The molecule has 0 radical (unpaired) electrons. The Bertz CT molecular complexity index is 324. The van der Waals surface area contributed by atoms with Crippen LogP contribution in [-0.4, -0.2) is 18.3 Å². The highest BCUT2D eigenvalue weighted by molar-refractivity contribution is 8.00. The van der Waals surface area contributed by atoms with E-state index in [9.17, 15) is 9.18 Å². The molecule has 1 rings (SSSR count). The molecule has 0 saturated carbocycles. The van der Waals surface area contributed by atoms with Crippen molar-refractivity contribution < 1.29 is 13.9 Å². The summed E-state index contributed by atoms with van der Waals surface area (Å²) in [6.07, 6.45) is 0.689. The number of benzene rings is 1. The average molecular weight is 228 g/mol. The van der Waals surface area contributed by atoms with Crippen molar-refractivity contribution in [2.45, 2.75) is 23.5 Å².